The van der Waals surface area contributed by atoms with Gasteiger partial charge in [-0.3, -0.25) is 10.4 Å². The lowest BCUT2D eigenvalue weighted by Gasteiger charge is -2.08. The van der Waals surface area contributed by atoms with Crippen LogP contribution in [0.3, 0.4) is 0 Å². The van der Waals surface area contributed by atoms with Crippen molar-refractivity contribution >= 4 is 40.5 Å². The summed E-state index contributed by atoms with van der Waals surface area (Å²) in [4.78, 5) is 21.0. The number of hydrogen-bond acceptors (Lipinski definition) is 6. The van der Waals surface area contributed by atoms with Crippen molar-refractivity contribution in [2.75, 3.05) is 13.7 Å². The van der Waals surface area contributed by atoms with Crippen molar-refractivity contribution in [1.29, 1.82) is 0 Å². The molecule has 0 fully saturated rings. The first-order valence-corrected chi connectivity index (χ1v) is 8.88. The van der Waals surface area contributed by atoms with Crippen LogP contribution in [-0.4, -0.2) is 36.9 Å². The highest BCUT2D eigenvalue weighted by molar-refractivity contribution is 6.36. The molecular formula is C20H19ClN4O2. The van der Waals surface area contributed by atoms with Gasteiger partial charge in [0, 0.05) is 16.1 Å². The molecule has 0 saturated heterocycles. The van der Waals surface area contributed by atoms with Crippen molar-refractivity contribution in [3.8, 4) is 0 Å². The highest BCUT2D eigenvalue weighted by Gasteiger charge is 2.17. The maximum atomic E-state index is 11.7. The van der Waals surface area contributed by atoms with Crippen LogP contribution in [0.2, 0.25) is 5.02 Å². The zero-order valence-corrected chi connectivity index (χ0v) is 15.8. The number of benzene rings is 2. The molecule has 0 aliphatic carbocycles. The first-order valence-electron chi connectivity index (χ1n) is 8.50. The normalized spacial score (nSPS) is 13.8. The lowest BCUT2D eigenvalue weighted by Crippen LogP contribution is -2.25. The van der Waals surface area contributed by atoms with Crippen molar-refractivity contribution < 1.29 is 9.53 Å². The molecule has 2 aromatic carbocycles. The molecule has 1 heterocycles. The second-order valence-corrected chi connectivity index (χ2v) is 6.20. The third-order valence-corrected chi connectivity index (χ3v) is 4.21. The topological polar surface area (TPSA) is 75.4 Å². The summed E-state index contributed by atoms with van der Waals surface area (Å²) in [7, 11) is 1.33. The van der Waals surface area contributed by atoms with E-state index in [-0.39, 0.29) is 12.3 Å². The number of nitrogens with zero attached hydrogens (tertiary/aromatic N) is 3. The summed E-state index contributed by atoms with van der Waals surface area (Å²) in [6.45, 7) is 2.12. The number of hydrazone groups is 1. The summed E-state index contributed by atoms with van der Waals surface area (Å²) in [5.41, 5.74) is 6.50. The fourth-order valence-electron chi connectivity index (χ4n) is 2.64. The number of nitrogens with one attached hydrogen (secondary N) is 1. The van der Waals surface area contributed by atoms with Gasteiger partial charge < -0.3 is 4.74 Å². The Bertz CT molecular complexity index is 936. The maximum Gasteiger partial charge on any atom is 0.354 e. The van der Waals surface area contributed by atoms with E-state index < -0.39 is 5.97 Å². The first-order chi connectivity index (χ1) is 13.1. The number of methoxy groups -OCH3 is 1. The van der Waals surface area contributed by atoms with E-state index in [1.54, 1.807) is 6.07 Å². The van der Waals surface area contributed by atoms with Crippen LogP contribution in [0.4, 0.5) is 5.69 Å². The van der Waals surface area contributed by atoms with Crippen LogP contribution in [0.25, 0.3) is 0 Å². The predicted octanol–water partition coefficient (Wildman–Crippen LogP) is 3.75. The van der Waals surface area contributed by atoms with E-state index in [9.17, 15) is 4.79 Å². The maximum absolute atomic E-state index is 11.7. The van der Waals surface area contributed by atoms with Crippen molar-refractivity contribution in [3.63, 3.8) is 0 Å². The zero-order valence-electron chi connectivity index (χ0n) is 15.1. The number of hydrogen-bond donors (Lipinski definition) is 1. The molecule has 0 atom stereocenters. The Balaban J connectivity index is 1.98. The Morgan fingerprint density at radius 1 is 1.26 bits per heavy atom. The molecule has 7 heteroatoms. The number of esters is 1. The van der Waals surface area contributed by atoms with E-state index in [2.05, 4.69) is 15.5 Å². The number of fused-ring (bicyclic) bond motifs is 1. The van der Waals surface area contributed by atoms with Crippen molar-refractivity contribution in [1.82, 2.24) is 5.43 Å². The van der Waals surface area contributed by atoms with Crippen molar-refractivity contribution in [3.05, 3.63) is 64.7 Å². The summed E-state index contributed by atoms with van der Waals surface area (Å²) < 4.78 is 4.72. The van der Waals surface area contributed by atoms with E-state index in [1.165, 1.54) is 7.11 Å². The quantitative estimate of drug-likeness (QED) is 0.497. The summed E-state index contributed by atoms with van der Waals surface area (Å²) in [5, 5.41) is 4.74. The zero-order chi connectivity index (χ0) is 19.2. The molecule has 6 nitrogen and oxygen atoms in total. The summed E-state index contributed by atoms with van der Waals surface area (Å²) in [6.07, 6.45) is 0.442. The standard InChI is InChI=1S/C20H19ClN4O2/c1-3-16(20(26)27-2)24-25-18-12-22-19(13-7-5-4-6-8-13)15-11-14(21)9-10-17(15)23-18/h4-11H,3,12H2,1-2H3,(H,23,25). The molecule has 0 saturated carbocycles. The Hall–Kier alpha value is -2.99. The number of carbonyl (C=O) groups excluding carboxylic acids is 1. The fraction of sp³-hybridized carbons (Fsp3) is 0.200. The average molecular weight is 383 g/mol. The third-order valence-electron chi connectivity index (χ3n) is 3.98. The largest absolute Gasteiger partial charge is 0.464 e. The fourth-order valence-corrected chi connectivity index (χ4v) is 2.81. The van der Waals surface area contributed by atoms with Gasteiger partial charge in [0.1, 0.15) is 11.5 Å². The van der Waals surface area contributed by atoms with Crippen LogP contribution in [-0.2, 0) is 9.53 Å². The van der Waals surface area contributed by atoms with Gasteiger partial charge in [-0.2, -0.15) is 5.10 Å². The lowest BCUT2D eigenvalue weighted by molar-refractivity contribution is -0.132. The third kappa shape index (κ3) is 4.41. The number of amidine groups is 1. The van der Waals surface area contributed by atoms with E-state index in [1.807, 2.05) is 49.4 Å². The molecule has 0 unspecified atom stereocenters. The number of carbonyl (C=O) groups is 1. The monoisotopic (exact) mass is 382 g/mol. The van der Waals surface area contributed by atoms with E-state index in [4.69, 9.17) is 21.3 Å². The molecule has 3 rings (SSSR count). The van der Waals surface area contributed by atoms with Crippen LogP contribution in [0.1, 0.15) is 24.5 Å². The SMILES string of the molecule is CCC(=NNC1=Nc2ccc(Cl)cc2C(c2ccccc2)=NC1)C(=O)OC. The summed E-state index contributed by atoms with van der Waals surface area (Å²) in [6, 6.07) is 15.3. The number of halogens is 1. The van der Waals surface area contributed by atoms with E-state index in [0.717, 1.165) is 22.5 Å². The van der Waals surface area contributed by atoms with Gasteiger partial charge in [0.15, 0.2) is 0 Å². The molecule has 0 aromatic heterocycles. The summed E-state index contributed by atoms with van der Waals surface area (Å²) in [5.74, 6) is 0.0548. The predicted molar refractivity (Wildman–Crippen MR) is 108 cm³/mol. The molecule has 27 heavy (non-hydrogen) atoms. The molecule has 0 amide bonds. The van der Waals surface area contributed by atoms with Gasteiger partial charge in [-0.15, -0.1) is 0 Å². The molecular weight excluding hydrogens is 364 g/mol. The second kappa shape index (κ2) is 8.60. The minimum Gasteiger partial charge on any atom is -0.464 e. The highest BCUT2D eigenvalue weighted by Crippen LogP contribution is 2.28. The number of ether oxygens (including phenoxy) is 1. The van der Waals surface area contributed by atoms with Gasteiger partial charge in [-0.25, -0.2) is 9.79 Å². The number of aliphatic imine (C=N–C) groups is 2. The molecule has 1 N–H and O–H groups in total. The Kier molecular flexibility index (Phi) is 5.98. The van der Waals surface area contributed by atoms with Gasteiger partial charge in [-0.1, -0.05) is 48.9 Å². The molecule has 0 spiro atoms. The van der Waals surface area contributed by atoms with Crippen LogP contribution < -0.4 is 5.43 Å². The van der Waals surface area contributed by atoms with Crippen LogP contribution >= 0.6 is 11.6 Å². The van der Waals surface area contributed by atoms with Crippen LogP contribution in [0.15, 0.2) is 63.6 Å². The summed E-state index contributed by atoms with van der Waals surface area (Å²) >= 11 is 6.20. The second-order valence-electron chi connectivity index (χ2n) is 5.77. The molecule has 0 bridgehead atoms. The van der Waals surface area contributed by atoms with E-state index in [0.29, 0.717) is 17.3 Å². The molecule has 1 aliphatic rings. The minimum absolute atomic E-state index is 0.285. The number of rotatable bonds is 4. The lowest BCUT2D eigenvalue weighted by atomic mass is 10.0. The smallest absolute Gasteiger partial charge is 0.354 e. The first kappa shape index (κ1) is 18.8. The van der Waals surface area contributed by atoms with Crippen molar-refractivity contribution in [2.45, 2.75) is 13.3 Å². The van der Waals surface area contributed by atoms with E-state index >= 15 is 0 Å². The van der Waals surface area contributed by atoms with Crippen LogP contribution in [0.5, 0.6) is 0 Å². The van der Waals surface area contributed by atoms with Crippen molar-refractivity contribution in [2.24, 2.45) is 15.1 Å². The van der Waals surface area contributed by atoms with Gasteiger partial charge in [0.25, 0.3) is 0 Å². The highest BCUT2D eigenvalue weighted by atomic mass is 35.5. The Labute approximate surface area is 162 Å². The van der Waals surface area contributed by atoms with Crippen LogP contribution in [0, 0.1) is 0 Å². The Morgan fingerprint density at radius 3 is 2.74 bits per heavy atom. The molecule has 1 aliphatic heterocycles. The molecule has 0 radical (unpaired) electrons. The van der Waals surface area contributed by atoms with Gasteiger partial charge in [0.05, 0.1) is 25.1 Å². The average Bonchev–Trinajstić information content (AvgIpc) is 2.88. The molecule has 2 aromatic rings. The Morgan fingerprint density at radius 2 is 2.04 bits per heavy atom. The molecule has 138 valence electrons. The van der Waals surface area contributed by atoms with Gasteiger partial charge in [-0.05, 0) is 24.6 Å². The minimum atomic E-state index is -0.472. The van der Waals surface area contributed by atoms with Gasteiger partial charge in [0.2, 0.25) is 0 Å². The van der Waals surface area contributed by atoms with Gasteiger partial charge >= 0.3 is 5.97 Å².